The van der Waals surface area contributed by atoms with Crippen LogP contribution in [0.1, 0.15) is 43.1 Å². The lowest BCUT2D eigenvalue weighted by Gasteiger charge is -2.22. The van der Waals surface area contributed by atoms with Gasteiger partial charge in [0.05, 0.1) is 0 Å². The second-order valence-electron chi connectivity index (χ2n) is 6.51. The molecule has 0 spiro atoms. The monoisotopic (exact) mass is 334 g/mol. The summed E-state index contributed by atoms with van der Waals surface area (Å²) in [7, 11) is 0. The Balaban J connectivity index is 2.65. The van der Waals surface area contributed by atoms with E-state index < -0.39 is 12.0 Å². The molecule has 2 unspecified atom stereocenters. The average Bonchev–Trinajstić information content (AvgIpc) is 2.49. The van der Waals surface area contributed by atoms with E-state index in [-0.39, 0.29) is 36.6 Å². The molecule has 3 N–H and O–H groups in total. The van der Waals surface area contributed by atoms with E-state index in [1.807, 2.05) is 32.9 Å². The van der Waals surface area contributed by atoms with Crippen molar-refractivity contribution in [1.29, 1.82) is 0 Å². The molecular weight excluding hydrogens is 308 g/mol. The van der Waals surface area contributed by atoms with Crippen LogP contribution in [0.2, 0.25) is 0 Å². The second-order valence-corrected chi connectivity index (χ2v) is 6.51. The van der Waals surface area contributed by atoms with Gasteiger partial charge < -0.3 is 15.7 Å². The van der Waals surface area contributed by atoms with Gasteiger partial charge in [0.15, 0.2) is 0 Å². The van der Waals surface area contributed by atoms with Gasteiger partial charge in [-0.3, -0.25) is 14.4 Å². The summed E-state index contributed by atoms with van der Waals surface area (Å²) in [6, 6.07) is 6.44. The fourth-order valence-corrected chi connectivity index (χ4v) is 2.22. The third-order valence-corrected chi connectivity index (χ3v) is 3.70. The van der Waals surface area contributed by atoms with Gasteiger partial charge in [-0.2, -0.15) is 0 Å². The zero-order valence-corrected chi connectivity index (χ0v) is 14.6. The van der Waals surface area contributed by atoms with Crippen LogP contribution in [0.25, 0.3) is 0 Å². The molecule has 0 radical (unpaired) electrons. The Labute approximate surface area is 142 Å². The van der Waals surface area contributed by atoms with Gasteiger partial charge in [-0.05, 0) is 30.9 Å². The van der Waals surface area contributed by atoms with Gasteiger partial charge in [-0.25, -0.2) is 0 Å². The number of hydrogen-bond donors (Lipinski definition) is 3. The van der Waals surface area contributed by atoms with Gasteiger partial charge in [0, 0.05) is 18.5 Å². The van der Waals surface area contributed by atoms with Gasteiger partial charge in [0.25, 0.3) is 5.91 Å². The van der Waals surface area contributed by atoms with Crippen LogP contribution in [0.15, 0.2) is 24.3 Å². The highest BCUT2D eigenvalue weighted by atomic mass is 16.4. The van der Waals surface area contributed by atoms with Crippen molar-refractivity contribution in [2.24, 2.45) is 11.8 Å². The second kappa shape index (κ2) is 9.05. The summed E-state index contributed by atoms with van der Waals surface area (Å²) in [5.41, 5.74) is 1.55. The molecule has 0 aliphatic heterocycles. The Hall–Kier alpha value is -2.37. The van der Waals surface area contributed by atoms with Crippen LogP contribution in [0.5, 0.6) is 0 Å². The van der Waals surface area contributed by atoms with Crippen LogP contribution in [0.3, 0.4) is 0 Å². The number of nitrogens with one attached hydrogen (secondary N) is 2. The molecule has 0 aliphatic rings. The maximum atomic E-state index is 12.3. The summed E-state index contributed by atoms with van der Waals surface area (Å²) in [5.74, 6) is -1.77. The summed E-state index contributed by atoms with van der Waals surface area (Å²) in [6.07, 6.45) is -0.0116. The fraction of sp³-hybridized carbons (Fsp3) is 0.500. The van der Waals surface area contributed by atoms with Crippen molar-refractivity contribution in [3.63, 3.8) is 0 Å². The van der Waals surface area contributed by atoms with Crippen molar-refractivity contribution in [1.82, 2.24) is 10.6 Å². The van der Waals surface area contributed by atoms with Crippen LogP contribution in [-0.4, -0.2) is 35.5 Å². The van der Waals surface area contributed by atoms with Crippen LogP contribution < -0.4 is 10.6 Å². The predicted molar refractivity (Wildman–Crippen MR) is 91.7 cm³/mol. The standard InChI is InChI=1S/C18H26N2O4/c1-11(2)16(18(24)19-10-13(4)9-15(21)22)20-17(23)14-7-5-12(3)6-8-14/h5-8,11,13,16H,9-10H2,1-4H3,(H,19,24)(H,20,23)(H,21,22). The number of carbonyl (C=O) groups is 3. The van der Waals surface area contributed by atoms with Crippen LogP contribution in [0, 0.1) is 18.8 Å². The largest absolute Gasteiger partial charge is 0.481 e. The van der Waals surface area contributed by atoms with Crippen molar-refractivity contribution >= 4 is 17.8 Å². The Morgan fingerprint density at radius 1 is 1.08 bits per heavy atom. The highest BCUT2D eigenvalue weighted by Gasteiger charge is 2.25. The molecule has 0 saturated carbocycles. The predicted octanol–water partition coefficient (Wildman–Crippen LogP) is 1.98. The zero-order valence-electron chi connectivity index (χ0n) is 14.6. The normalized spacial score (nSPS) is 13.2. The molecule has 0 bridgehead atoms. The van der Waals surface area contributed by atoms with Crippen LogP contribution in [-0.2, 0) is 9.59 Å². The van der Waals surface area contributed by atoms with Gasteiger partial charge in [-0.1, -0.05) is 38.5 Å². The number of carboxylic acid groups (broad SMARTS) is 1. The lowest BCUT2D eigenvalue weighted by Crippen LogP contribution is -2.50. The highest BCUT2D eigenvalue weighted by molar-refractivity contribution is 5.97. The number of benzene rings is 1. The van der Waals surface area contributed by atoms with Crippen molar-refractivity contribution in [2.75, 3.05) is 6.54 Å². The van der Waals surface area contributed by atoms with Crippen LogP contribution >= 0.6 is 0 Å². The molecule has 24 heavy (non-hydrogen) atoms. The number of aliphatic carboxylic acids is 1. The molecule has 1 rings (SSSR count). The Kier molecular flexibility index (Phi) is 7.42. The Bertz CT molecular complexity index is 581. The smallest absolute Gasteiger partial charge is 0.303 e. The number of amides is 2. The van der Waals surface area contributed by atoms with Crippen molar-refractivity contribution in [3.8, 4) is 0 Å². The number of hydrogen-bond acceptors (Lipinski definition) is 3. The van der Waals surface area contributed by atoms with Gasteiger partial charge in [-0.15, -0.1) is 0 Å². The van der Waals surface area contributed by atoms with Crippen LogP contribution in [0.4, 0.5) is 0 Å². The zero-order chi connectivity index (χ0) is 18.3. The van der Waals surface area contributed by atoms with E-state index in [2.05, 4.69) is 10.6 Å². The average molecular weight is 334 g/mol. The SMILES string of the molecule is Cc1ccc(C(=O)NC(C(=O)NCC(C)CC(=O)O)C(C)C)cc1. The summed E-state index contributed by atoms with van der Waals surface area (Å²) in [5, 5.41) is 14.2. The first kappa shape index (κ1) is 19.7. The van der Waals surface area contributed by atoms with E-state index in [9.17, 15) is 14.4 Å². The molecule has 1 aromatic carbocycles. The molecule has 1 aromatic rings. The molecule has 6 nitrogen and oxygen atoms in total. The van der Waals surface area contributed by atoms with Crippen molar-refractivity contribution in [3.05, 3.63) is 35.4 Å². The molecule has 0 fully saturated rings. The first-order chi connectivity index (χ1) is 11.2. The lowest BCUT2D eigenvalue weighted by molar-refractivity contribution is -0.138. The molecule has 0 aromatic heterocycles. The molecular formula is C18H26N2O4. The minimum Gasteiger partial charge on any atom is -0.481 e. The number of carboxylic acids is 1. The molecule has 0 saturated heterocycles. The summed E-state index contributed by atoms with van der Waals surface area (Å²) < 4.78 is 0. The van der Waals surface area contributed by atoms with Crippen molar-refractivity contribution < 1.29 is 19.5 Å². The Morgan fingerprint density at radius 2 is 1.67 bits per heavy atom. The lowest BCUT2D eigenvalue weighted by atomic mass is 10.0. The minimum absolute atomic E-state index is 0.0116. The summed E-state index contributed by atoms with van der Waals surface area (Å²) in [6.45, 7) is 7.64. The van der Waals surface area contributed by atoms with Gasteiger partial charge in [0.2, 0.25) is 5.91 Å². The third-order valence-electron chi connectivity index (χ3n) is 3.70. The summed E-state index contributed by atoms with van der Waals surface area (Å²) >= 11 is 0. The van der Waals surface area contributed by atoms with E-state index in [1.54, 1.807) is 19.1 Å². The molecule has 0 heterocycles. The molecule has 6 heteroatoms. The molecule has 2 amide bonds. The summed E-state index contributed by atoms with van der Waals surface area (Å²) in [4.78, 5) is 35.3. The van der Waals surface area contributed by atoms with Gasteiger partial charge >= 0.3 is 5.97 Å². The number of rotatable bonds is 8. The molecule has 132 valence electrons. The first-order valence-corrected chi connectivity index (χ1v) is 8.07. The number of aryl methyl sites for hydroxylation is 1. The highest BCUT2D eigenvalue weighted by Crippen LogP contribution is 2.07. The Morgan fingerprint density at radius 3 is 2.17 bits per heavy atom. The maximum absolute atomic E-state index is 12.3. The van der Waals surface area contributed by atoms with Crippen molar-refractivity contribution in [2.45, 2.75) is 40.2 Å². The molecule has 0 aliphatic carbocycles. The molecule has 2 atom stereocenters. The third kappa shape index (κ3) is 6.40. The van der Waals surface area contributed by atoms with E-state index in [0.717, 1.165) is 5.56 Å². The first-order valence-electron chi connectivity index (χ1n) is 8.07. The van der Waals surface area contributed by atoms with E-state index in [4.69, 9.17) is 5.11 Å². The maximum Gasteiger partial charge on any atom is 0.303 e. The fourth-order valence-electron chi connectivity index (χ4n) is 2.22. The van der Waals surface area contributed by atoms with Gasteiger partial charge in [0.1, 0.15) is 6.04 Å². The quantitative estimate of drug-likeness (QED) is 0.677. The van der Waals surface area contributed by atoms with E-state index >= 15 is 0 Å². The van der Waals surface area contributed by atoms with E-state index in [0.29, 0.717) is 5.56 Å². The topological polar surface area (TPSA) is 95.5 Å². The number of carbonyl (C=O) groups excluding carboxylic acids is 2. The van der Waals surface area contributed by atoms with E-state index in [1.165, 1.54) is 0 Å². The minimum atomic E-state index is -0.898.